The van der Waals surface area contributed by atoms with E-state index in [1.807, 2.05) is 7.05 Å². The van der Waals surface area contributed by atoms with Crippen LogP contribution in [0.4, 0.5) is 0 Å². The number of rotatable bonds is 7. The molecule has 2 N–H and O–H groups in total. The molecule has 0 amide bonds. The maximum absolute atomic E-state index is 5.80. The second-order valence-corrected chi connectivity index (χ2v) is 7.10. The maximum atomic E-state index is 5.80. The van der Waals surface area contributed by atoms with Crippen molar-refractivity contribution in [2.24, 2.45) is 16.8 Å². The van der Waals surface area contributed by atoms with Crippen molar-refractivity contribution in [2.45, 2.75) is 57.9 Å². The molecule has 0 aromatic heterocycles. The molecule has 2 fully saturated rings. The molecule has 0 spiro atoms. The molecule has 5 nitrogen and oxygen atoms in total. The number of nitrogens with zero attached hydrogens (tertiary/aromatic N) is 1. The van der Waals surface area contributed by atoms with Gasteiger partial charge < -0.3 is 20.1 Å². The topological polar surface area (TPSA) is 54.9 Å². The molecule has 0 radical (unpaired) electrons. The minimum absolute atomic E-state index is 0.578. The second-order valence-electron chi connectivity index (χ2n) is 7.10. The number of hydrogen-bond donors (Lipinski definition) is 2. The van der Waals surface area contributed by atoms with Gasteiger partial charge in [-0.05, 0) is 43.9 Å². The molecule has 0 aromatic rings. The Hall–Kier alpha value is -0.810. The lowest BCUT2D eigenvalue weighted by Crippen LogP contribution is -2.45. The van der Waals surface area contributed by atoms with Crippen molar-refractivity contribution in [3.8, 4) is 0 Å². The van der Waals surface area contributed by atoms with Gasteiger partial charge in [0.05, 0.1) is 0 Å². The van der Waals surface area contributed by atoms with E-state index in [4.69, 9.17) is 9.47 Å². The molecule has 5 heteroatoms. The Balaban J connectivity index is 1.50. The van der Waals surface area contributed by atoms with Crippen molar-refractivity contribution in [1.82, 2.24) is 10.6 Å². The first-order chi connectivity index (χ1) is 11.3. The molecule has 1 aliphatic carbocycles. The summed E-state index contributed by atoms with van der Waals surface area (Å²) in [7, 11) is 1.85. The minimum atomic E-state index is 0.578. The van der Waals surface area contributed by atoms with E-state index in [0.29, 0.717) is 12.0 Å². The normalized spacial score (nSPS) is 27.0. The van der Waals surface area contributed by atoms with Gasteiger partial charge in [0.1, 0.15) is 0 Å². The number of ether oxygens (including phenoxy) is 2. The summed E-state index contributed by atoms with van der Waals surface area (Å²) in [4.78, 5) is 4.34. The van der Waals surface area contributed by atoms with Gasteiger partial charge in [-0.2, -0.15) is 0 Å². The van der Waals surface area contributed by atoms with Crippen LogP contribution in [0, 0.1) is 11.8 Å². The first-order valence-corrected chi connectivity index (χ1v) is 9.40. The maximum Gasteiger partial charge on any atom is 0.191 e. The Morgan fingerprint density at radius 2 is 2.04 bits per heavy atom. The number of hydrogen-bond acceptors (Lipinski definition) is 3. The summed E-state index contributed by atoms with van der Waals surface area (Å²) in [6, 6.07) is 0.578. The van der Waals surface area contributed by atoms with Crippen LogP contribution in [-0.2, 0) is 9.47 Å². The number of guanidine groups is 1. The Bertz CT molecular complexity index is 343. The fourth-order valence-electron chi connectivity index (χ4n) is 3.50. The predicted molar refractivity (Wildman–Crippen MR) is 94.9 cm³/mol. The van der Waals surface area contributed by atoms with Crippen LogP contribution in [0.1, 0.15) is 51.9 Å². The van der Waals surface area contributed by atoms with Gasteiger partial charge >= 0.3 is 0 Å². The lowest BCUT2D eigenvalue weighted by Gasteiger charge is -2.28. The van der Waals surface area contributed by atoms with E-state index in [9.17, 15) is 0 Å². The highest BCUT2D eigenvalue weighted by Crippen LogP contribution is 2.23. The summed E-state index contributed by atoms with van der Waals surface area (Å²) in [5.41, 5.74) is 0. The highest BCUT2D eigenvalue weighted by molar-refractivity contribution is 5.79. The molecule has 2 aliphatic rings. The van der Waals surface area contributed by atoms with Crippen LogP contribution in [0.2, 0.25) is 0 Å². The highest BCUT2D eigenvalue weighted by Gasteiger charge is 2.19. The molecule has 1 heterocycles. The Morgan fingerprint density at radius 1 is 1.22 bits per heavy atom. The summed E-state index contributed by atoms with van der Waals surface area (Å²) in [5, 5.41) is 6.97. The lowest BCUT2D eigenvalue weighted by molar-refractivity contribution is 0.0203. The fraction of sp³-hybridized carbons (Fsp3) is 0.944. The summed E-state index contributed by atoms with van der Waals surface area (Å²) in [5.74, 6) is 2.46. The molecule has 0 bridgehead atoms. The smallest absolute Gasteiger partial charge is 0.191 e. The molecule has 1 saturated heterocycles. The van der Waals surface area contributed by atoms with Crippen molar-refractivity contribution >= 4 is 5.96 Å². The summed E-state index contributed by atoms with van der Waals surface area (Å²) in [6.07, 6.45) is 8.53. The van der Waals surface area contributed by atoms with Crippen LogP contribution in [0.3, 0.4) is 0 Å². The van der Waals surface area contributed by atoms with Gasteiger partial charge in [0, 0.05) is 46.1 Å². The van der Waals surface area contributed by atoms with Crippen LogP contribution in [-0.4, -0.2) is 52.0 Å². The summed E-state index contributed by atoms with van der Waals surface area (Å²) < 4.78 is 11.2. The largest absolute Gasteiger partial charge is 0.381 e. The van der Waals surface area contributed by atoms with Crippen LogP contribution in [0.5, 0.6) is 0 Å². The van der Waals surface area contributed by atoms with Crippen LogP contribution in [0.15, 0.2) is 4.99 Å². The Morgan fingerprint density at radius 3 is 2.78 bits per heavy atom. The molecule has 1 aliphatic heterocycles. The molecule has 23 heavy (non-hydrogen) atoms. The predicted octanol–water partition coefficient (Wildman–Crippen LogP) is 2.56. The third-order valence-corrected chi connectivity index (χ3v) is 4.95. The van der Waals surface area contributed by atoms with E-state index in [2.05, 4.69) is 22.5 Å². The van der Waals surface area contributed by atoms with Gasteiger partial charge in [0.2, 0.25) is 0 Å². The van der Waals surface area contributed by atoms with Crippen molar-refractivity contribution in [1.29, 1.82) is 0 Å². The molecular weight excluding hydrogens is 290 g/mol. The van der Waals surface area contributed by atoms with Crippen LogP contribution in [0.25, 0.3) is 0 Å². The third kappa shape index (κ3) is 7.53. The Kier molecular flexibility index (Phi) is 8.76. The van der Waals surface area contributed by atoms with Crippen molar-refractivity contribution in [3.63, 3.8) is 0 Å². The third-order valence-electron chi connectivity index (χ3n) is 4.95. The van der Waals surface area contributed by atoms with Gasteiger partial charge in [-0.1, -0.05) is 19.8 Å². The quantitative estimate of drug-likeness (QED) is 0.429. The molecule has 134 valence electrons. The highest BCUT2D eigenvalue weighted by atomic mass is 16.5. The summed E-state index contributed by atoms with van der Waals surface area (Å²) in [6.45, 7) is 6.77. The SMILES string of the molecule is CN=C(NCCCOCC1CCOCC1)NC1CCCC(C)C1. The molecule has 0 aromatic carbocycles. The molecular formula is C18H35N3O2. The molecule has 2 unspecified atom stereocenters. The first kappa shape index (κ1) is 18.5. The van der Waals surface area contributed by atoms with Gasteiger partial charge in [0.15, 0.2) is 5.96 Å². The second kappa shape index (κ2) is 10.9. The zero-order valence-corrected chi connectivity index (χ0v) is 15.0. The minimum Gasteiger partial charge on any atom is -0.381 e. The average Bonchev–Trinajstić information content (AvgIpc) is 2.58. The van der Waals surface area contributed by atoms with Gasteiger partial charge in [-0.25, -0.2) is 0 Å². The Labute approximate surface area is 141 Å². The van der Waals surface area contributed by atoms with E-state index in [0.717, 1.165) is 64.1 Å². The van der Waals surface area contributed by atoms with E-state index < -0.39 is 0 Å². The first-order valence-electron chi connectivity index (χ1n) is 9.40. The van der Waals surface area contributed by atoms with E-state index >= 15 is 0 Å². The fourth-order valence-corrected chi connectivity index (χ4v) is 3.50. The monoisotopic (exact) mass is 325 g/mol. The van der Waals surface area contributed by atoms with Gasteiger partial charge in [-0.3, -0.25) is 4.99 Å². The number of aliphatic imine (C=N–C) groups is 1. The van der Waals surface area contributed by atoms with Crippen molar-refractivity contribution < 1.29 is 9.47 Å². The number of nitrogens with one attached hydrogen (secondary N) is 2. The standard InChI is InChI=1S/C18H35N3O2/c1-15-5-3-6-17(13-15)21-18(19-2)20-9-4-10-23-14-16-7-11-22-12-8-16/h15-17H,3-14H2,1-2H3,(H2,19,20,21). The van der Waals surface area contributed by atoms with Crippen LogP contribution < -0.4 is 10.6 Å². The molecule has 2 rings (SSSR count). The molecule has 1 saturated carbocycles. The molecule has 2 atom stereocenters. The lowest BCUT2D eigenvalue weighted by atomic mass is 9.87. The zero-order valence-electron chi connectivity index (χ0n) is 15.0. The van der Waals surface area contributed by atoms with Crippen molar-refractivity contribution in [3.05, 3.63) is 0 Å². The van der Waals surface area contributed by atoms with E-state index in [1.165, 1.54) is 25.7 Å². The van der Waals surface area contributed by atoms with E-state index in [-0.39, 0.29) is 0 Å². The van der Waals surface area contributed by atoms with Gasteiger partial charge in [-0.15, -0.1) is 0 Å². The van der Waals surface area contributed by atoms with E-state index in [1.54, 1.807) is 0 Å². The summed E-state index contributed by atoms with van der Waals surface area (Å²) >= 11 is 0. The average molecular weight is 325 g/mol. The zero-order chi connectivity index (χ0) is 16.3. The van der Waals surface area contributed by atoms with Crippen LogP contribution >= 0.6 is 0 Å². The van der Waals surface area contributed by atoms with Crippen molar-refractivity contribution in [2.75, 3.05) is 40.0 Å². The van der Waals surface area contributed by atoms with Gasteiger partial charge in [0.25, 0.3) is 0 Å².